The van der Waals surface area contributed by atoms with E-state index < -0.39 is 86.1 Å². The lowest BCUT2D eigenvalue weighted by atomic mass is 9.87. The summed E-state index contributed by atoms with van der Waals surface area (Å²) in [4.78, 5) is 87.6. The highest BCUT2D eigenvalue weighted by molar-refractivity contribution is 7.91. The number of carbonyl (C=O) groups excluding carboxylic acids is 6. The highest BCUT2D eigenvalue weighted by Crippen LogP contribution is 2.46. The molecular weight excluding hydrogens is 769 g/mol. The number of ether oxygens (including phenoxy) is 2. The van der Waals surface area contributed by atoms with Crippen LogP contribution >= 0.6 is 0 Å². The summed E-state index contributed by atoms with van der Waals surface area (Å²) in [7, 11) is -3.96. The average molecular weight is 823 g/mol. The van der Waals surface area contributed by atoms with Gasteiger partial charge in [0, 0.05) is 32.0 Å². The monoisotopic (exact) mass is 822 g/mol. The van der Waals surface area contributed by atoms with Crippen LogP contribution in [0.4, 0.5) is 9.59 Å². The Hall–Kier alpha value is -4.93. The molecule has 0 spiro atoms. The molecule has 0 aromatic heterocycles. The second-order valence-electron chi connectivity index (χ2n) is 17.3. The summed E-state index contributed by atoms with van der Waals surface area (Å²) in [5, 5.41) is 4.79. The summed E-state index contributed by atoms with van der Waals surface area (Å²) in [5.41, 5.74) is 1.24. The molecule has 2 saturated carbocycles. The van der Waals surface area contributed by atoms with Crippen LogP contribution in [0.5, 0.6) is 0 Å². The molecule has 16 nitrogen and oxygen atoms in total. The van der Waals surface area contributed by atoms with Gasteiger partial charge in [-0.05, 0) is 79.5 Å². The Morgan fingerprint density at radius 2 is 1.81 bits per heavy atom. The first kappa shape index (κ1) is 41.2. The third kappa shape index (κ3) is 9.03. The van der Waals surface area contributed by atoms with Gasteiger partial charge >= 0.3 is 12.2 Å². The fraction of sp³-hybridized carbons (Fsp3) is 0.610. The van der Waals surface area contributed by atoms with Crippen molar-refractivity contribution in [3.05, 3.63) is 59.7 Å². The molecule has 0 radical (unpaired) electrons. The maximum atomic E-state index is 14.8. The number of hydrogen-bond acceptors (Lipinski definition) is 10. The third-order valence-corrected chi connectivity index (χ3v) is 14.0. The first-order valence-electron chi connectivity index (χ1n) is 20.3. The van der Waals surface area contributed by atoms with Crippen molar-refractivity contribution in [2.24, 2.45) is 11.3 Å². The van der Waals surface area contributed by atoms with Gasteiger partial charge in [0.1, 0.15) is 23.7 Å². The number of fused-ring (bicyclic) bond motifs is 4. The molecule has 1 saturated heterocycles. The largest absolute Gasteiger partial charge is 0.449 e. The van der Waals surface area contributed by atoms with Crippen LogP contribution in [-0.4, -0.2) is 114 Å². The Morgan fingerprint density at radius 1 is 1.03 bits per heavy atom. The summed E-state index contributed by atoms with van der Waals surface area (Å²) < 4.78 is 39.7. The lowest BCUT2D eigenvalue weighted by Crippen LogP contribution is -2.60. The molecule has 5 atom stereocenters. The second-order valence-corrected chi connectivity index (χ2v) is 19.3. The molecule has 2 aliphatic carbocycles. The quantitative estimate of drug-likeness (QED) is 0.300. The topological polar surface area (TPSA) is 201 Å². The van der Waals surface area contributed by atoms with Crippen molar-refractivity contribution in [2.75, 3.05) is 26.2 Å². The number of hydrogen-bond donors (Lipinski definition) is 3. The fourth-order valence-corrected chi connectivity index (χ4v) is 9.90. The molecule has 314 valence electrons. The maximum Gasteiger partial charge on any atom is 0.410 e. The number of alkyl carbamates (subject to hydrolysis) is 1. The van der Waals surface area contributed by atoms with E-state index in [9.17, 15) is 37.2 Å². The number of cyclic esters (lactones) is 1. The lowest BCUT2D eigenvalue weighted by molar-refractivity contribution is -0.142. The molecular formula is C41H54N6O10S. The maximum absolute atomic E-state index is 14.8. The molecule has 3 N–H and O–H groups in total. The summed E-state index contributed by atoms with van der Waals surface area (Å²) in [5.74, 6) is -3.38. The molecule has 1 aromatic rings. The number of nitrogens with zero attached hydrogens (tertiary/aromatic N) is 3. The van der Waals surface area contributed by atoms with Crippen molar-refractivity contribution in [3.8, 4) is 0 Å². The number of amides is 6. The molecule has 58 heavy (non-hydrogen) atoms. The number of sulfonamides is 1. The van der Waals surface area contributed by atoms with Crippen molar-refractivity contribution in [2.45, 2.75) is 120 Å². The van der Waals surface area contributed by atoms with Crippen LogP contribution in [0.3, 0.4) is 0 Å². The van der Waals surface area contributed by atoms with Gasteiger partial charge in [-0.25, -0.2) is 18.0 Å². The smallest absolute Gasteiger partial charge is 0.410 e. The van der Waals surface area contributed by atoms with Crippen LogP contribution in [-0.2, 0) is 58.2 Å². The van der Waals surface area contributed by atoms with Gasteiger partial charge in [-0.2, -0.15) is 0 Å². The van der Waals surface area contributed by atoms with Crippen LogP contribution < -0.4 is 15.4 Å². The van der Waals surface area contributed by atoms with E-state index in [0.717, 1.165) is 48.4 Å². The van der Waals surface area contributed by atoms with Crippen molar-refractivity contribution in [1.29, 1.82) is 0 Å². The van der Waals surface area contributed by atoms with Crippen molar-refractivity contribution in [3.63, 3.8) is 0 Å². The van der Waals surface area contributed by atoms with Gasteiger partial charge in [0.2, 0.25) is 27.7 Å². The van der Waals surface area contributed by atoms with E-state index in [1.165, 1.54) is 9.80 Å². The van der Waals surface area contributed by atoms with Crippen LogP contribution in [0.25, 0.3) is 0 Å². The summed E-state index contributed by atoms with van der Waals surface area (Å²) in [6.07, 6.45) is 7.27. The van der Waals surface area contributed by atoms with E-state index in [4.69, 9.17) is 9.47 Å². The Kier molecular flexibility index (Phi) is 11.6. The molecule has 3 fully saturated rings. The summed E-state index contributed by atoms with van der Waals surface area (Å²) in [6.45, 7) is 8.03. The van der Waals surface area contributed by atoms with Gasteiger partial charge in [-0.3, -0.25) is 28.8 Å². The minimum Gasteiger partial charge on any atom is -0.449 e. The van der Waals surface area contributed by atoms with E-state index in [0.29, 0.717) is 38.8 Å². The van der Waals surface area contributed by atoms with Crippen molar-refractivity contribution >= 4 is 45.8 Å². The molecule has 1 aromatic carbocycles. The van der Waals surface area contributed by atoms with Crippen LogP contribution in [0, 0.1) is 11.3 Å². The lowest BCUT2D eigenvalue weighted by Gasteiger charge is -2.32. The van der Waals surface area contributed by atoms with E-state index in [1.54, 1.807) is 11.0 Å². The highest BCUT2D eigenvalue weighted by atomic mass is 32.2. The molecule has 6 aliphatic rings. The first-order valence-corrected chi connectivity index (χ1v) is 21.9. The Labute approximate surface area is 339 Å². The van der Waals surface area contributed by atoms with Crippen molar-refractivity contribution < 1.29 is 46.7 Å². The van der Waals surface area contributed by atoms with E-state index in [2.05, 4.69) is 28.0 Å². The minimum absolute atomic E-state index is 0.0611. The van der Waals surface area contributed by atoms with Crippen LogP contribution in [0.1, 0.15) is 88.3 Å². The second kappa shape index (κ2) is 16.4. The zero-order valence-electron chi connectivity index (χ0n) is 33.2. The predicted octanol–water partition coefficient (Wildman–Crippen LogP) is 2.80. The number of rotatable bonds is 4. The zero-order valence-corrected chi connectivity index (χ0v) is 34.0. The SMILES string of the molecule is C=CC(=O)N1CCC/C=C\[C@@H]2C[C@]2(C(=O)NS(=O)(=O)C2CC2)NC(=O)[C@@H]2C[C@@H]3CN2C(=O)[C@H](C1)NC(=O)OCC(C)(C)CCCCc1cccc2c1CN(C2)C(=O)O3. The number of carbonyl (C=O) groups is 6. The molecule has 17 heteroatoms. The van der Waals surface area contributed by atoms with Gasteiger partial charge in [0.25, 0.3) is 5.91 Å². The Bertz CT molecular complexity index is 2000. The van der Waals surface area contributed by atoms with Crippen LogP contribution in [0.2, 0.25) is 0 Å². The summed E-state index contributed by atoms with van der Waals surface area (Å²) in [6, 6.07) is 3.35. The normalized spacial score (nSPS) is 30.0. The molecule has 0 unspecified atom stereocenters. The minimum atomic E-state index is -3.96. The van der Waals surface area contributed by atoms with Gasteiger partial charge in [0.05, 0.1) is 24.9 Å². The number of aryl methyl sites for hydroxylation is 1. The van der Waals surface area contributed by atoms with Gasteiger partial charge < -0.3 is 29.9 Å². The van der Waals surface area contributed by atoms with Gasteiger partial charge in [-0.1, -0.05) is 57.2 Å². The van der Waals surface area contributed by atoms with E-state index in [1.807, 2.05) is 32.1 Å². The van der Waals surface area contributed by atoms with E-state index in [-0.39, 0.29) is 39.1 Å². The Morgan fingerprint density at radius 3 is 2.57 bits per heavy atom. The molecule has 6 amide bonds. The number of nitrogens with one attached hydrogen (secondary N) is 3. The highest BCUT2D eigenvalue weighted by Gasteiger charge is 2.62. The molecule has 5 bridgehead atoms. The van der Waals surface area contributed by atoms with Gasteiger partial charge in [-0.15, -0.1) is 0 Å². The third-order valence-electron chi connectivity index (χ3n) is 12.2. The first-order chi connectivity index (χ1) is 27.6. The zero-order chi connectivity index (χ0) is 41.4. The number of benzene rings is 1. The molecule has 4 aliphatic heterocycles. The molecule has 7 rings (SSSR count). The van der Waals surface area contributed by atoms with Crippen molar-refractivity contribution in [1.82, 2.24) is 30.1 Å². The summed E-state index contributed by atoms with van der Waals surface area (Å²) >= 11 is 0. The standard InChI is InChI=1S/C41H54N6O10S/c1-4-34(48)45-18-9-5-6-14-28-20-41(28,37(51)44-58(54,55)30-15-16-30)43-35(49)33-19-29-22-47(33)36(50)32(24-45)42-38(52)56-25-40(2,3)17-8-7-11-26-12-10-13-27-21-46(23-31(26)27)39(53)57-29/h4,6,10,12-14,28-30,32-33H,1,5,7-9,11,15-25H2,2-3H3,(H,42,52)(H,43,49)(H,44,51)/b14-6-/t28-,29-,32+,33+,41+/m1/s1. The Balaban J connectivity index is 1.22. The number of allylic oxidation sites excluding steroid dienone is 1. The average Bonchev–Trinajstić information content (AvgIpc) is 4.07. The molecule has 4 heterocycles. The van der Waals surface area contributed by atoms with Gasteiger partial charge in [0.15, 0.2) is 0 Å². The van der Waals surface area contributed by atoms with E-state index >= 15 is 0 Å². The van der Waals surface area contributed by atoms with Crippen LogP contribution in [0.15, 0.2) is 43.0 Å². The fourth-order valence-electron chi connectivity index (χ4n) is 8.54. The predicted molar refractivity (Wildman–Crippen MR) is 210 cm³/mol.